The molecule has 0 amide bonds. The molecule has 0 bridgehead atoms. The maximum absolute atomic E-state index is 3.21. The summed E-state index contributed by atoms with van der Waals surface area (Å²) in [5, 5.41) is 3.21. The van der Waals surface area contributed by atoms with Gasteiger partial charge in [0.15, 0.2) is 0 Å². The molecule has 0 radical (unpaired) electrons. The van der Waals surface area contributed by atoms with Crippen molar-refractivity contribution in [2.75, 3.05) is 27.2 Å². The van der Waals surface area contributed by atoms with Crippen LogP contribution in [0.4, 0.5) is 0 Å². The van der Waals surface area contributed by atoms with Gasteiger partial charge in [-0.15, -0.1) is 0 Å². The lowest BCUT2D eigenvalue weighted by Gasteiger charge is -2.36. The summed E-state index contributed by atoms with van der Waals surface area (Å²) < 4.78 is 0. The number of hydrogen-bond donors (Lipinski definition) is 1. The van der Waals surface area contributed by atoms with E-state index >= 15 is 0 Å². The highest BCUT2D eigenvalue weighted by Crippen LogP contribution is 2.27. The number of hydrogen-bond acceptors (Lipinski definition) is 2. The summed E-state index contributed by atoms with van der Waals surface area (Å²) in [5.74, 6) is 0.913. The van der Waals surface area contributed by atoms with Gasteiger partial charge in [-0.3, -0.25) is 0 Å². The van der Waals surface area contributed by atoms with Gasteiger partial charge < -0.3 is 10.2 Å². The second-order valence-corrected chi connectivity index (χ2v) is 5.47. The molecule has 96 valence electrons. The summed E-state index contributed by atoms with van der Waals surface area (Å²) in [7, 11) is 4.36. The average molecular weight is 226 g/mol. The lowest BCUT2D eigenvalue weighted by Crippen LogP contribution is -2.39. The smallest absolute Gasteiger partial charge is 0.0118 e. The third-order valence-corrected chi connectivity index (χ3v) is 4.07. The SMILES string of the molecule is CNCCCCCN(C)C1CCCCC1C. The van der Waals surface area contributed by atoms with Crippen LogP contribution in [-0.2, 0) is 0 Å². The minimum atomic E-state index is 0.859. The zero-order chi connectivity index (χ0) is 11.8. The number of nitrogens with zero attached hydrogens (tertiary/aromatic N) is 1. The Morgan fingerprint density at radius 3 is 2.56 bits per heavy atom. The van der Waals surface area contributed by atoms with Crippen LogP contribution >= 0.6 is 0 Å². The van der Waals surface area contributed by atoms with Crippen molar-refractivity contribution in [1.82, 2.24) is 10.2 Å². The van der Waals surface area contributed by atoms with Gasteiger partial charge in [-0.05, 0) is 58.8 Å². The van der Waals surface area contributed by atoms with Crippen molar-refractivity contribution in [3.8, 4) is 0 Å². The molecule has 1 rings (SSSR count). The molecule has 0 aliphatic heterocycles. The Morgan fingerprint density at radius 1 is 1.12 bits per heavy atom. The Kier molecular flexibility index (Phi) is 7.06. The van der Waals surface area contributed by atoms with E-state index in [9.17, 15) is 0 Å². The predicted octanol–water partition coefficient (Wildman–Crippen LogP) is 2.89. The minimum Gasteiger partial charge on any atom is -0.320 e. The quantitative estimate of drug-likeness (QED) is 0.672. The van der Waals surface area contributed by atoms with Crippen LogP contribution in [0.3, 0.4) is 0 Å². The van der Waals surface area contributed by atoms with Crippen LogP contribution in [-0.4, -0.2) is 38.1 Å². The van der Waals surface area contributed by atoms with Gasteiger partial charge >= 0.3 is 0 Å². The van der Waals surface area contributed by atoms with Gasteiger partial charge in [-0.2, -0.15) is 0 Å². The second kappa shape index (κ2) is 8.08. The van der Waals surface area contributed by atoms with Crippen LogP contribution in [0.15, 0.2) is 0 Å². The molecule has 1 N–H and O–H groups in total. The van der Waals surface area contributed by atoms with Crippen molar-refractivity contribution >= 4 is 0 Å². The molecule has 2 nitrogen and oxygen atoms in total. The molecular weight excluding hydrogens is 196 g/mol. The van der Waals surface area contributed by atoms with Gasteiger partial charge in [0.25, 0.3) is 0 Å². The molecular formula is C14H30N2. The van der Waals surface area contributed by atoms with E-state index in [-0.39, 0.29) is 0 Å². The molecule has 1 fully saturated rings. The topological polar surface area (TPSA) is 15.3 Å². The Labute approximate surface area is 102 Å². The summed E-state index contributed by atoms with van der Waals surface area (Å²) >= 11 is 0. The van der Waals surface area contributed by atoms with E-state index in [1.54, 1.807) is 0 Å². The summed E-state index contributed by atoms with van der Waals surface area (Å²) in [5.41, 5.74) is 0. The number of rotatable bonds is 7. The summed E-state index contributed by atoms with van der Waals surface area (Å²) in [4.78, 5) is 2.61. The van der Waals surface area contributed by atoms with Crippen molar-refractivity contribution in [1.29, 1.82) is 0 Å². The maximum Gasteiger partial charge on any atom is 0.0118 e. The van der Waals surface area contributed by atoms with Gasteiger partial charge in [0.2, 0.25) is 0 Å². The minimum absolute atomic E-state index is 0.859. The fourth-order valence-corrected chi connectivity index (χ4v) is 2.96. The van der Waals surface area contributed by atoms with Crippen molar-refractivity contribution in [2.45, 2.75) is 57.9 Å². The molecule has 2 unspecified atom stereocenters. The lowest BCUT2D eigenvalue weighted by molar-refractivity contribution is 0.137. The van der Waals surface area contributed by atoms with E-state index in [1.807, 2.05) is 7.05 Å². The van der Waals surface area contributed by atoms with Crippen LogP contribution in [0.1, 0.15) is 51.9 Å². The summed E-state index contributed by atoms with van der Waals surface area (Å²) in [6.45, 7) is 4.89. The third-order valence-electron chi connectivity index (χ3n) is 4.07. The number of unbranched alkanes of at least 4 members (excludes halogenated alkanes) is 2. The van der Waals surface area contributed by atoms with Crippen molar-refractivity contribution < 1.29 is 0 Å². The van der Waals surface area contributed by atoms with E-state index in [1.165, 1.54) is 58.0 Å². The highest BCUT2D eigenvalue weighted by molar-refractivity contribution is 4.79. The molecule has 1 saturated carbocycles. The molecule has 0 spiro atoms. The van der Waals surface area contributed by atoms with Crippen LogP contribution in [0.2, 0.25) is 0 Å². The largest absolute Gasteiger partial charge is 0.320 e. The van der Waals surface area contributed by atoms with Gasteiger partial charge in [-0.25, -0.2) is 0 Å². The van der Waals surface area contributed by atoms with Crippen molar-refractivity contribution in [3.05, 3.63) is 0 Å². The monoisotopic (exact) mass is 226 g/mol. The van der Waals surface area contributed by atoms with Crippen LogP contribution in [0, 0.1) is 5.92 Å². The number of nitrogens with one attached hydrogen (secondary N) is 1. The van der Waals surface area contributed by atoms with E-state index < -0.39 is 0 Å². The first-order valence-corrected chi connectivity index (χ1v) is 7.10. The molecule has 0 heterocycles. The van der Waals surface area contributed by atoms with Crippen LogP contribution in [0.5, 0.6) is 0 Å². The fourth-order valence-electron chi connectivity index (χ4n) is 2.96. The first kappa shape index (κ1) is 14.0. The standard InChI is InChI=1S/C14H30N2/c1-13-9-5-6-10-14(13)16(3)12-8-4-7-11-15-2/h13-15H,4-12H2,1-3H3. The Hall–Kier alpha value is -0.0800. The van der Waals surface area contributed by atoms with Crippen molar-refractivity contribution in [2.24, 2.45) is 5.92 Å². The molecule has 0 aromatic heterocycles. The molecule has 2 heteroatoms. The van der Waals surface area contributed by atoms with E-state index in [0.29, 0.717) is 0 Å². The van der Waals surface area contributed by atoms with Gasteiger partial charge in [0.1, 0.15) is 0 Å². The Balaban J connectivity index is 2.10. The molecule has 2 atom stereocenters. The Bertz CT molecular complexity index is 170. The van der Waals surface area contributed by atoms with Gasteiger partial charge in [0, 0.05) is 6.04 Å². The van der Waals surface area contributed by atoms with E-state index in [4.69, 9.17) is 0 Å². The van der Waals surface area contributed by atoms with Crippen LogP contribution < -0.4 is 5.32 Å². The van der Waals surface area contributed by atoms with E-state index in [2.05, 4.69) is 24.2 Å². The summed E-state index contributed by atoms with van der Waals surface area (Å²) in [6, 6.07) is 0.859. The van der Waals surface area contributed by atoms with Crippen LogP contribution in [0.25, 0.3) is 0 Å². The molecule has 16 heavy (non-hydrogen) atoms. The molecule has 1 aliphatic carbocycles. The van der Waals surface area contributed by atoms with Gasteiger partial charge in [-0.1, -0.05) is 26.2 Å². The zero-order valence-electron chi connectivity index (χ0n) is 11.5. The first-order valence-electron chi connectivity index (χ1n) is 7.10. The molecule has 1 aliphatic rings. The third kappa shape index (κ3) is 4.84. The Morgan fingerprint density at radius 2 is 1.88 bits per heavy atom. The average Bonchev–Trinajstić information content (AvgIpc) is 2.29. The predicted molar refractivity (Wildman–Crippen MR) is 71.8 cm³/mol. The first-order chi connectivity index (χ1) is 7.75. The lowest BCUT2D eigenvalue weighted by atomic mass is 9.85. The normalized spacial score (nSPS) is 26.2. The van der Waals surface area contributed by atoms with Gasteiger partial charge in [0.05, 0.1) is 0 Å². The molecule has 0 aromatic carbocycles. The fraction of sp³-hybridized carbons (Fsp3) is 1.00. The highest BCUT2D eigenvalue weighted by atomic mass is 15.1. The van der Waals surface area contributed by atoms with Crippen molar-refractivity contribution in [3.63, 3.8) is 0 Å². The molecule has 0 aromatic rings. The highest BCUT2D eigenvalue weighted by Gasteiger charge is 2.24. The maximum atomic E-state index is 3.21. The second-order valence-electron chi connectivity index (χ2n) is 5.47. The zero-order valence-corrected chi connectivity index (χ0v) is 11.5. The molecule has 0 saturated heterocycles. The van der Waals surface area contributed by atoms with E-state index in [0.717, 1.165) is 12.0 Å². The summed E-state index contributed by atoms with van der Waals surface area (Å²) in [6.07, 6.45) is 9.81.